The van der Waals surface area contributed by atoms with Gasteiger partial charge in [-0.3, -0.25) is 9.69 Å². The molecule has 28 heavy (non-hydrogen) atoms. The summed E-state index contributed by atoms with van der Waals surface area (Å²) < 4.78 is 4.91. The lowest BCUT2D eigenvalue weighted by Crippen LogP contribution is -2.42. The van der Waals surface area contributed by atoms with Gasteiger partial charge < -0.3 is 15.5 Å². The number of piperazine rings is 1. The summed E-state index contributed by atoms with van der Waals surface area (Å²) in [5.74, 6) is -0.191. The van der Waals surface area contributed by atoms with Crippen molar-refractivity contribution in [2.24, 2.45) is 0 Å². The molecule has 2 aromatic heterocycles. The maximum atomic E-state index is 12.4. The summed E-state index contributed by atoms with van der Waals surface area (Å²) in [6, 6.07) is 5.68. The Morgan fingerprint density at radius 1 is 1.36 bits per heavy atom. The van der Waals surface area contributed by atoms with Crippen LogP contribution < -0.4 is 11.1 Å². The van der Waals surface area contributed by atoms with Crippen LogP contribution in [0.15, 0.2) is 35.1 Å². The van der Waals surface area contributed by atoms with Gasteiger partial charge in [0.15, 0.2) is 5.78 Å². The minimum atomic E-state index is -0.191. The van der Waals surface area contributed by atoms with Crippen LogP contribution in [-0.2, 0) is 13.0 Å². The standard InChI is InChI=1S/C19H20ClN5O2S/c20-14-2-1-12(7-13(14)8-16(26)15-11-27-19(21)24-15)17-9-23-18(28-17)10-25-5-3-22-4-6-25/h1-2,7,9,11,22H,3-6,8,10H2,(H2,21,24). The molecule has 4 rings (SSSR count). The van der Waals surface area contributed by atoms with Crippen LogP contribution in [0.25, 0.3) is 10.4 Å². The number of nitrogen functional groups attached to an aromatic ring is 1. The zero-order chi connectivity index (χ0) is 19.5. The molecule has 0 unspecified atom stereocenters. The van der Waals surface area contributed by atoms with E-state index in [0.717, 1.165) is 53.7 Å². The van der Waals surface area contributed by atoms with Gasteiger partial charge in [-0.25, -0.2) is 4.98 Å². The molecule has 0 atom stereocenters. The van der Waals surface area contributed by atoms with Gasteiger partial charge in [0.25, 0.3) is 6.01 Å². The van der Waals surface area contributed by atoms with Gasteiger partial charge in [-0.15, -0.1) is 11.3 Å². The lowest BCUT2D eigenvalue weighted by molar-refractivity contribution is 0.0988. The molecule has 0 radical (unpaired) electrons. The van der Waals surface area contributed by atoms with Gasteiger partial charge >= 0.3 is 0 Å². The van der Waals surface area contributed by atoms with Gasteiger partial charge in [0.1, 0.15) is 17.0 Å². The second-order valence-corrected chi connectivity index (χ2v) is 8.14. The van der Waals surface area contributed by atoms with E-state index in [9.17, 15) is 4.79 Å². The highest BCUT2D eigenvalue weighted by Gasteiger charge is 2.16. The Bertz CT molecular complexity index is 980. The van der Waals surface area contributed by atoms with Gasteiger partial charge in [0, 0.05) is 43.8 Å². The predicted molar refractivity (Wildman–Crippen MR) is 110 cm³/mol. The van der Waals surface area contributed by atoms with E-state index in [-0.39, 0.29) is 23.9 Å². The summed E-state index contributed by atoms with van der Waals surface area (Å²) in [4.78, 5) is 24.3. The Morgan fingerprint density at radius 3 is 2.93 bits per heavy atom. The van der Waals surface area contributed by atoms with Crippen molar-refractivity contribution in [1.29, 1.82) is 0 Å². The number of Topliss-reactive ketones (excluding diaryl/α,β-unsaturated/α-hetero) is 1. The number of carbonyl (C=O) groups excluding carboxylic acids is 1. The average Bonchev–Trinajstić information content (AvgIpc) is 3.33. The third kappa shape index (κ3) is 4.41. The highest BCUT2D eigenvalue weighted by molar-refractivity contribution is 7.15. The average molecular weight is 418 g/mol. The first-order valence-electron chi connectivity index (χ1n) is 8.99. The molecular weight excluding hydrogens is 398 g/mol. The molecule has 9 heteroatoms. The molecule has 1 fully saturated rings. The number of hydrogen-bond donors (Lipinski definition) is 2. The van der Waals surface area contributed by atoms with Crippen LogP contribution in [0.2, 0.25) is 5.02 Å². The molecule has 0 amide bonds. The monoisotopic (exact) mass is 417 g/mol. The second kappa shape index (κ2) is 8.40. The Hall–Kier alpha value is -2.26. The Labute approximate surface area is 171 Å². The molecule has 0 saturated carbocycles. The van der Waals surface area contributed by atoms with Crippen LogP contribution >= 0.6 is 22.9 Å². The molecule has 0 spiro atoms. The van der Waals surface area contributed by atoms with Gasteiger partial charge in [0.2, 0.25) is 0 Å². The fraction of sp³-hybridized carbons (Fsp3) is 0.316. The van der Waals surface area contributed by atoms with Crippen LogP contribution in [-0.4, -0.2) is 46.8 Å². The number of benzene rings is 1. The summed E-state index contributed by atoms with van der Waals surface area (Å²) in [6.45, 7) is 4.97. The summed E-state index contributed by atoms with van der Waals surface area (Å²) >= 11 is 7.98. The minimum absolute atomic E-state index is 0.0233. The Balaban J connectivity index is 1.49. The van der Waals surface area contributed by atoms with Crippen LogP contribution in [0.4, 0.5) is 6.01 Å². The van der Waals surface area contributed by atoms with Crippen molar-refractivity contribution >= 4 is 34.7 Å². The molecular formula is C19H20ClN5O2S. The van der Waals surface area contributed by atoms with E-state index >= 15 is 0 Å². The number of nitrogens with one attached hydrogen (secondary N) is 1. The number of ketones is 1. The second-order valence-electron chi connectivity index (χ2n) is 6.62. The third-order valence-electron chi connectivity index (χ3n) is 4.61. The van der Waals surface area contributed by atoms with Gasteiger partial charge in [-0.2, -0.15) is 4.98 Å². The quantitative estimate of drug-likeness (QED) is 0.595. The van der Waals surface area contributed by atoms with Crippen LogP contribution in [0.1, 0.15) is 21.1 Å². The van der Waals surface area contributed by atoms with Crippen LogP contribution in [0, 0.1) is 0 Å². The first-order valence-corrected chi connectivity index (χ1v) is 10.2. The molecule has 3 heterocycles. The van der Waals surface area contributed by atoms with E-state index in [1.54, 1.807) is 11.3 Å². The Morgan fingerprint density at radius 2 is 2.18 bits per heavy atom. The van der Waals surface area contributed by atoms with Crippen LogP contribution in [0.3, 0.4) is 0 Å². The van der Waals surface area contributed by atoms with E-state index in [1.165, 1.54) is 6.26 Å². The fourth-order valence-corrected chi connectivity index (χ4v) is 4.26. The number of oxazole rings is 1. The normalized spacial score (nSPS) is 15.0. The lowest BCUT2D eigenvalue weighted by Gasteiger charge is -2.26. The van der Waals surface area contributed by atoms with Crippen LogP contribution in [0.5, 0.6) is 0 Å². The number of hydrogen-bond acceptors (Lipinski definition) is 8. The van der Waals surface area contributed by atoms with Gasteiger partial charge in [-0.1, -0.05) is 17.7 Å². The number of thiazole rings is 1. The highest BCUT2D eigenvalue weighted by Crippen LogP contribution is 2.30. The number of halogens is 1. The van der Waals surface area contributed by atoms with Crippen molar-refractivity contribution < 1.29 is 9.21 Å². The molecule has 0 bridgehead atoms. The Kier molecular flexibility index (Phi) is 5.72. The molecule has 3 aromatic rings. The van der Waals surface area contributed by atoms with Gasteiger partial charge in [-0.05, 0) is 23.3 Å². The maximum Gasteiger partial charge on any atom is 0.292 e. The van der Waals surface area contributed by atoms with Crippen molar-refractivity contribution in [2.75, 3.05) is 31.9 Å². The molecule has 1 aliphatic rings. The fourth-order valence-electron chi connectivity index (χ4n) is 3.12. The van der Waals surface area contributed by atoms with E-state index in [2.05, 4.69) is 20.2 Å². The van der Waals surface area contributed by atoms with E-state index in [1.807, 2.05) is 24.4 Å². The van der Waals surface area contributed by atoms with Crippen molar-refractivity contribution in [3.05, 3.63) is 51.9 Å². The van der Waals surface area contributed by atoms with E-state index in [4.69, 9.17) is 21.8 Å². The number of anilines is 1. The lowest BCUT2D eigenvalue weighted by atomic mass is 10.0. The predicted octanol–water partition coefficient (Wildman–Crippen LogP) is 2.86. The van der Waals surface area contributed by atoms with Crippen molar-refractivity contribution in [3.63, 3.8) is 0 Å². The summed E-state index contributed by atoms with van der Waals surface area (Å²) in [5, 5.41) is 4.98. The first-order chi connectivity index (χ1) is 13.6. The molecule has 0 aliphatic carbocycles. The van der Waals surface area contributed by atoms with E-state index < -0.39 is 0 Å². The number of nitrogens with zero attached hydrogens (tertiary/aromatic N) is 3. The van der Waals surface area contributed by atoms with Crippen molar-refractivity contribution in [3.8, 4) is 10.4 Å². The summed E-state index contributed by atoms with van der Waals surface area (Å²) in [7, 11) is 0. The summed E-state index contributed by atoms with van der Waals surface area (Å²) in [5.41, 5.74) is 7.38. The minimum Gasteiger partial charge on any atom is -0.432 e. The molecule has 3 N–H and O–H groups in total. The van der Waals surface area contributed by atoms with Crippen molar-refractivity contribution in [2.45, 2.75) is 13.0 Å². The van der Waals surface area contributed by atoms with E-state index in [0.29, 0.717) is 5.02 Å². The third-order valence-corrected chi connectivity index (χ3v) is 6.01. The molecule has 1 aliphatic heterocycles. The zero-order valence-electron chi connectivity index (χ0n) is 15.2. The highest BCUT2D eigenvalue weighted by atomic mass is 35.5. The topological polar surface area (TPSA) is 97.3 Å². The zero-order valence-corrected chi connectivity index (χ0v) is 16.7. The van der Waals surface area contributed by atoms with Crippen molar-refractivity contribution in [1.82, 2.24) is 20.2 Å². The largest absolute Gasteiger partial charge is 0.432 e. The summed E-state index contributed by atoms with van der Waals surface area (Å²) in [6.07, 6.45) is 3.28. The number of rotatable bonds is 6. The van der Waals surface area contributed by atoms with Gasteiger partial charge in [0.05, 0.1) is 11.4 Å². The molecule has 1 aromatic carbocycles. The number of carbonyl (C=O) groups is 1. The molecule has 1 saturated heterocycles. The SMILES string of the molecule is Nc1nc(C(=O)Cc2cc(-c3cnc(CN4CCNCC4)s3)ccc2Cl)co1. The smallest absolute Gasteiger partial charge is 0.292 e. The number of nitrogens with two attached hydrogens (primary N) is 1. The molecule has 7 nitrogen and oxygen atoms in total. The number of aromatic nitrogens is 2. The maximum absolute atomic E-state index is 12.4. The molecule has 146 valence electrons. The first kappa shape index (κ1) is 19.1.